The van der Waals surface area contributed by atoms with Gasteiger partial charge in [0.2, 0.25) is 10.0 Å². The van der Waals surface area contributed by atoms with Gasteiger partial charge in [-0.25, -0.2) is 8.42 Å². The van der Waals surface area contributed by atoms with Gasteiger partial charge >= 0.3 is 5.97 Å². The maximum absolute atomic E-state index is 11.7. The van der Waals surface area contributed by atoms with Gasteiger partial charge in [-0.15, -0.1) is 0 Å². The molecular weight excluding hydrogens is 252 g/mol. The zero-order chi connectivity index (χ0) is 12.2. The van der Waals surface area contributed by atoms with E-state index in [2.05, 4.69) is 0 Å². The lowest BCUT2D eigenvalue weighted by atomic mass is 10.2. The summed E-state index contributed by atoms with van der Waals surface area (Å²) < 4.78 is 24.5. The highest BCUT2D eigenvalue weighted by Crippen LogP contribution is 2.22. The van der Waals surface area contributed by atoms with E-state index in [9.17, 15) is 13.2 Å². The Kier molecular flexibility index (Phi) is 4.58. The summed E-state index contributed by atoms with van der Waals surface area (Å²) in [7, 11) is -3.63. The van der Waals surface area contributed by atoms with Crippen molar-refractivity contribution < 1.29 is 18.3 Å². The standard InChI is InChI=1S/C8H12N2O4S2/c9-1-4-16(13,14)10-2-3-15-6-7(10)5-8(11)12/h7H,2-6H2,(H,11,12). The van der Waals surface area contributed by atoms with E-state index in [0.29, 0.717) is 11.5 Å². The van der Waals surface area contributed by atoms with Crippen LogP contribution >= 0.6 is 11.8 Å². The molecule has 0 radical (unpaired) electrons. The van der Waals surface area contributed by atoms with E-state index in [0.717, 1.165) is 4.31 Å². The molecule has 0 amide bonds. The highest BCUT2D eigenvalue weighted by molar-refractivity contribution is 7.99. The van der Waals surface area contributed by atoms with Gasteiger partial charge in [-0.2, -0.15) is 21.3 Å². The molecule has 0 bridgehead atoms. The number of sulfonamides is 1. The van der Waals surface area contributed by atoms with Crippen LogP contribution < -0.4 is 0 Å². The van der Waals surface area contributed by atoms with E-state index in [4.69, 9.17) is 10.4 Å². The lowest BCUT2D eigenvalue weighted by Gasteiger charge is -2.32. The van der Waals surface area contributed by atoms with Gasteiger partial charge in [-0.3, -0.25) is 4.79 Å². The minimum Gasteiger partial charge on any atom is -0.481 e. The molecule has 0 aromatic heterocycles. The second-order valence-corrected chi connectivity index (χ2v) is 6.42. The van der Waals surface area contributed by atoms with E-state index in [1.54, 1.807) is 6.07 Å². The Bertz CT molecular complexity index is 401. The van der Waals surface area contributed by atoms with Crippen molar-refractivity contribution >= 4 is 27.8 Å². The molecule has 1 atom stereocenters. The summed E-state index contributed by atoms with van der Waals surface area (Å²) in [6.45, 7) is 0.284. The third-order valence-corrected chi connectivity index (χ3v) is 4.97. The average Bonchev–Trinajstić information content (AvgIpc) is 2.17. The average molecular weight is 264 g/mol. The number of carboxylic acids is 1. The van der Waals surface area contributed by atoms with Crippen LogP contribution in [0.3, 0.4) is 0 Å². The molecule has 1 rings (SSSR count). The van der Waals surface area contributed by atoms with Crippen LogP contribution in [0.1, 0.15) is 6.42 Å². The molecule has 1 aliphatic rings. The highest BCUT2D eigenvalue weighted by atomic mass is 32.2. The molecular formula is C8H12N2O4S2. The van der Waals surface area contributed by atoms with Gasteiger partial charge in [0.1, 0.15) is 0 Å². The first kappa shape index (κ1) is 13.3. The van der Waals surface area contributed by atoms with E-state index < -0.39 is 27.8 Å². The Hall–Kier alpha value is -0.780. The number of nitriles is 1. The number of thioether (sulfide) groups is 1. The molecule has 1 N–H and O–H groups in total. The zero-order valence-electron chi connectivity index (χ0n) is 8.50. The fourth-order valence-corrected chi connectivity index (χ4v) is 4.11. The number of carboxylic acid groups (broad SMARTS) is 1. The van der Waals surface area contributed by atoms with Crippen LogP contribution in [-0.2, 0) is 14.8 Å². The second-order valence-electron chi connectivity index (χ2n) is 3.35. The normalized spacial score (nSPS) is 22.6. The second kappa shape index (κ2) is 5.52. The van der Waals surface area contributed by atoms with E-state index >= 15 is 0 Å². The van der Waals surface area contributed by atoms with Crippen molar-refractivity contribution in [2.75, 3.05) is 23.8 Å². The SMILES string of the molecule is N#CCS(=O)(=O)N1CCSCC1CC(=O)O. The molecule has 0 aromatic carbocycles. The predicted octanol–water partition coefficient (Wildman–Crippen LogP) is -0.268. The van der Waals surface area contributed by atoms with Gasteiger partial charge in [0, 0.05) is 24.1 Å². The van der Waals surface area contributed by atoms with Crippen LogP contribution in [0.15, 0.2) is 0 Å². The molecule has 1 fully saturated rings. The Morgan fingerprint density at radius 1 is 1.62 bits per heavy atom. The van der Waals surface area contributed by atoms with Crippen LogP contribution in [-0.4, -0.2) is 53.6 Å². The largest absolute Gasteiger partial charge is 0.481 e. The van der Waals surface area contributed by atoms with Crippen LogP contribution in [0, 0.1) is 11.3 Å². The van der Waals surface area contributed by atoms with Gasteiger partial charge in [0.25, 0.3) is 0 Å². The van der Waals surface area contributed by atoms with Gasteiger partial charge in [-0.05, 0) is 0 Å². The van der Waals surface area contributed by atoms with Crippen molar-refractivity contribution in [3.05, 3.63) is 0 Å². The molecule has 0 aliphatic carbocycles. The summed E-state index contributed by atoms with van der Waals surface area (Å²) in [6.07, 6.45) is -0.211. The third kappa shape index (κ3) is 3.37. The van der Waals surface area contributed by atoms with Crippen molar-refractivity contribution in [1.82, 2.24) is 4.31 Å². The number of aliphatic carboxylic acids is 1. The summed E-state index contributed by atoms with van der Waals surface area (Å²) >= 11 is 1.53. The first-order chi connectivity index (χ1) is 7.47. The molecule has 0 spiro atoms. The summed E-state index contributed by atoms with van der Waals surface area (Å²) in [5.74, 6) is -0.504. The predicted molar refractivity (Wildman–Crippen MR) is 59.5 cm³/mol. The fraction of sp³-hybridized carbons (Fsp3) is 0.750. The quantitative estimate of drug-likeness (QED) is 0.750. The first-order valence-electron chi connectivity index (χ1n) is 4.63. The molecule has 1 heterocycles. The Morgan fingerprint density at radius 3 is 2.88 bits per heavy atom. The monoisotopic (exact) mass is 264 g/mol. The van der Waals surface area contributed by atoms with Crippen molar-refractivity contribution in [3.8, 4) is 6.07 Å². The number of carbonyl (C=O) groups is 1. The van der Waals surface area contributed by atoms with Crippen LogP contribution in [0.2, 0.25) is 0 Å². The van der Waals surface area contributed by atoms with Crippen LogP contribution in [0.5, 0.6) is 0 Å². The maximum Gasteiger partial charge on any atom is 0.305 e. The van der Waals surface area contributed by atoms with E-state index in [-0.39, 0.29) is 13.0 Å². The summed E-state index contributed by atoms with van der Waals surface area (Å²) in [5, 5.41) is 17.1. The zero-order valence-corrected chi connectivity index (χ0v) is 10.1. The fourth-order valence-electron chi connectivity index (χ4n) is 1.53. The van der Waals surface area contributed by atoms with Crippen molar-refractivity contribution in [3.63, 3.8) is 0 Å². The minimum absolute atomic E-state index is 0.211. The lowest BCUT2D eigenvalue weighted by Crippen LogP contribution is -2.47. The molecule has 16 heavy (non-hydrogen) atoms. The summed E-state index contributed by atoms with van der Waals surface area (Å²) in [5.41, 5.74) is 0. The lowest BCUT2D eigenvalue weighted by molar-refractivity contribution is -0.137. The first-order valence-corrected chi connectivity index (χ1v) is 7.40. The van der Waals surface area contributed by atoms with Crippen LogP contribution in [0.4, 0.5) is 0 Å². The molecule has 1 aliphatic heterocycles. The van der Waals surface area contributed by atoms with Crippen molar-refractivity contribution in [2.24, 2.45) is 0 Å². The topological polar surface area (TPSA) is 98.5 Å². The Morgan fingerprint density at radius 2 is 2.31 bits per heavy atom. The van der Waals surface area contributed by atoms with Crippen LogP contribution in [0.25, 0.3) is 0 Å². The number of hydrogen-bond donors (Lipinski definition) is 1. The van der Waals surface area contributed by atoms with E-state index in [1.807, 2.05) is 0 Å². The summed E-state index contributed by atoms with van der Waals surface area (Å²) in [6, 6.07) is 1.06. The maximum atomic E-state index is 11.7. The number of hydrogen-bond acceptors (Lipinski definition) is 5. The molecule has 1 unspecified atom stereocenters. The molecule has 0 saturated carbocycles. The Labute approximate surface area is 98.3 Å². The third-order valence-electron chi connectivity index (χ3n) is 2.19. The van der Waals surface area contributed by atoms with Gasteiger partial charge < -0.3 is 5.11 Å². The number of rotatable bonds is 4. The molecule has 0 aromatic rings. The minimum atomic E-state index is -3.63. The Balaban J connectivity index is 2.82. The molecule has 1 saturated heterocycles. The smallest absolute Gasteiger partial charge is 0.305 e. The van der Waals surface area contributed by atoms with Gasteiger partial charge in [-0.1, -0.05) is 0 Å². The summed E-state index contributed by atoms with van der Waals surface area (Å²) in [4.78, 5) is 10.6. The van der Waals surface area contributed by atoms with Gasteiger partial charge in [0.05, 0.1) is 12.5 Å². The van der Waals surface area contributed by atoms with Gasteiger partial charge in [0.15, 0.2) is 5.75 Å². The van der Waals surface area contributed by atoms with Crippen molar-refractivity contribution in [1.29, 1.82) is 5.26 Å². The molecule has 8 heteroatoms. The highest BCUT2D eigenvalue weighted by Gasteiger charge is 2.33. The number of nitrogens with zero attached hydrogens (tertiary/aromatic N) is 2. The van der Waals surface area contributed by atoms with Crippen molar-refractivity contribution in [2.45, 2.75) is 12.5 Å². The molecule has 6 nitrogen and oxygen atoms in total. The molecule has 90 valence electrons. The van der Waals surface area contributed by atoms with E-state index in [1.165, 1.54) is 11.8 Å².